The Labute approximate surface area is 161 Å². The number of anilines is 1. The maximum absolute atomic E-state index is 12.3. The first-order valence-electron chi connectivity index (χ1n) is 9.24. The van der Waals surface area contributed by atoms with Gasteiger partial charge in [-0.1, -0.05) is 24.4 Å². The van der Waals surface area contributed by atoms with Crippen LogP contribution in [-0.4, -0.2) is 64.0 Å². The van der Waals surface area contributed by atoms with Gasteiger partial charge in [0.15, 0.2) is 0 Å². The number of ether oxygens (including phenoxy) is 1. The van der Waals surface area contributed by atoms with E-state index in [1.165, 1.54) is 6.20 Å². The number of nitrogens with one attached hydrogen (secondary N) is 1. The third kappa shape index (κ3) is 4.91. The molecule has 2 aliphatic rings. The molecular weight excluding hydrogens is 376 g/mol. The summed E-state index contributed by atoms with van der Waals surface area (Å²) in [6.07, 6.45) is 4.59. The van der Waals surface area contributed by atoms with Crippen LogP contribution in [0.15, 0.2) is 11.0 Å². The second-order valence-corrected chi connectivity index (χ2v) is 7.43. The Bertz CT molecular complexity index is 722. The highest BCUT2D eigenvalue weighted by molar-refractivity contribution is 6.33. The van der Waals surface area contributed by atoms with E-state index in [2.05, 4.69) is 10.4 Å². The number of aliphatic hydroxyl groups excluding tert-OH is 2. The summed E-state index contributed by atoms with van der Waals surface area (Å²) in [7, 11) is 0. The van der Waals surface area contributed by atoms with Gasteiger partial charge in [-0.25, -0.2) is 9.48 Å². The lowest BCUT2D eigenvalue weighted by molar-refractivity contribution is 0.0770. The molecule has 1 amide bonds. The summed E-state index contributed by atoms with van der Waals surface area (Å²) in [5.41, 5.74) is -0.0660. The van der Waals surface area contributed by atoms with Crippen molar-refractivity contribution in [2.75, 3.05) is 24.6 Å². The maximum Gasteiger partial charge on any atom is 0.407 e. The van der Waals surface area contributed by atoms with Gasteiger partial charge in [-0.05, 0) is 12.8 Å². The fourth-order valence-corrected chi connectivity index (χ4v) is 3.80. The van der Waals surface area contributed by atoms with Crippen molar-refractivity contribution in [2.45, 2.75) is 56.9 Å². The minimum Gasteiger partial charge on any atom is -0.444 e. The number of aliphatic hydroxyl groups is 2. The molecule has 10 heteroatoms. The molecule has 150 valence electrons. The van der Waals surface area contributed by atoms with Gasteiger partial charge in [0.2, 0.25) is 0 Å². The fourth-order valence-electron chi connectivity index (χ4n) is 3.53. The van der Waals surface area contributed by atoms with Gasteiger partial charge in [-0.15, -0.1) is 0 Å². The zero-order chi connectivity index (χ0) is 19.4. The lowest BCUT2D eigenvalue weighted by Crippen LogP contribution is -2.36. The van der Waals surface area contributed by atoms with Crippen LogP contribution in [0.2, 0.25) is 5.02 Å². The first kappa shape index (κ1) is 19.9. The number of hydrogen-bond acceptors (Lipinski definition) is 7. The van der Waals surface area contributed by atoms with E-state index >= 15 is 0 Å². The van der Waals surface area contributed by atoms with Crippen molar-refractivity contribution in [3.63, 3.8) is 0 Å². The Morgan fingerprint density at radius 1 is 1.41 bits per heavy atom. The number of nitrogens with zero attached hydrogens (tertiary/aromatic N) is 3. The number of amides is 1. The normalized spacial score (nSPS) is 21.4. The van der Waals surface area contributed by atoms with Crippen molar-refractivity contribution in [1.82, 2.24) is 15.1 Å². The Hall–Kier alpha value is -1.84. The molecule has 9 nitrogen and oxygen atoms in total. The number of rotatable bonds is 6. The van der Waals surface area contributed by atoms with Crippen LogP contribution in [-0.2, 0) is 11.3 Å². The standard InChI is InChI=1S/C17H25ClN4O5/c18-15-14(7-19-22(16(15)25)8-12(24)10-23)21-6-5-13(9-21)27-17(26)20-11-3-1-2-4-11/h7,11-13,23-24H,1-6,8-10H2,(H,20,26). The molecule has 1 aliphatic carbocycles. The van der Waals surface area contributed by atoms with Gasteiger partial charge in [-0.3, -0.25) is 4.79 Å². The van der Waals surface area contributed by atoms with Crippen LogP contribution in [0.1, 0.15) is 32.1 Å². The fraction of sp³-hybridized carbons (Fsp3) is 0.706. The molecule has 2 heterocycles. The molecule has 2 unspecified atom stereocenters. The van der Waals surface area contributed by atoms with E-state index < -0.39 is 24.4 Å². The van der Waals surface area contributed by atoms with E-state index in [1.54, 1.807) is 0 Å². The van der Waals surface area contributed by atoms with Gasteiger partial charge in [0, 0.05) is 19.0 Å². The Morgan fingerprint density at radius 3 is 2.85 bits per heavy atom. The molecule has 27 heavy (non-hydrogen) atoms. The molecule has 1 saturated heterocycles. The number of hydrogen-bond donors (Lipinski definition) is 3. The van der Waals surface area contributed by atoms with E-state index in [0.717, 1.165) is 30.4 Å². The quantitative estimate of drug-likeness (QED) is 0.636. The molecule has 1 saturated carbocycles. The highest BCUT2D eigenvalue weighted by Gasteiger charge is 2.29. The third-order valence-electron chi connectivity index (χ3n) is 5.00. The van der Waals surface area contributed by atoms with Gasteiger partial charge < -0.3 is 25.2 Å². The van der Waals surface area contributed by atoms with E-state index in [9.17, 15) is 14.7 Å². The first-order valence-corrected chi connectivity index (χ1v) is 9.62. The SMILES string of the molecule is O=C(NC1CCCC1)OC1CCN(c2cnn(CC(O)CO)c(=O)c2Cl)C1. The third-order valence-corrected chi connectivity index (χ3v) is 5.35. The summed E-state index contributed by atoms with van der Waals surface area (Å²) in [6, 6.07) is 0.204. The molecule has 2 atom stereocenters. The first-order chi connectivity index (χ1) is 13.0. The molecule has 0 spiro atoms. The van der Waals surface area contributed by atoms with Gasteiger partial charge in [0.25, 0.3) is 5.56 Å². The Balaban J connectivity index is 1.58. The molecule has 3 N–H and O–H groups in total. The largest absolute Gasteiger partial charge is 0.444 e. The highest BCUT2D eigenvalue weighted by Crippen LogP contribution is 2.26. The summed E-state index contributed by atoms with van der Waals surface area (Å²) in [5.74, 6) is 0. The van der Waals surface area contributed by atoms with Crippen molar-refractivity contribution in [3.05, 3.63) is 21.6 Å². The highest BCUT2D eigenvalue weighted by atomic mass is 35.5. The molecule has 3 rings (SSSR count). The van der Waals surface area contributed by atoms with E-state index in [0.29, 0.717) is 25.2 Å². The van der Waals surface area contributed by atoms with Crippen LogP contribution in [0.25, 0.3) is 0 Å². The second-order valence-electron chi connectivity index (χ2n) is 7.06. The van der Waals surface area contributed by atoms with Crippen molar-refractivity contribution < 1.29 is 19.7 Å². The lowest BCUT2D eigenvalue weighted by Gasteiger charge is -2.20. The minimum absolute atomic E-state index is 0.00815. The van der Waals surface area contributed by atoms with Gasteiger partial charge in [-0.2, -0.15) is 5.10 Å². The number of aromatic nitrogens is 2. The monoisotopic (exact) mass is 400 g/mol. The van der Waals surface area contributed by atoms with Crippen molar-refractivity contribution in [3.8, 4) is 0 Å². The smallest absolute Gasteiger partial charge is 0.407 e. The molecule has 2 fully saturated rings. The number of carbonyl (C=O) groups excluding carboxylic acids is 1. The lowest BCUT2D eigenvalue weighted by atomic mass is 10.3. The van der Waals surface area contributed by atoms with Crippen LogP contribution < -0.4 is 15.8 Å². The Morgan fingerprint density at radius 2 is 2.15 bits per heavy atom. The number of alkyl carbamates (subject to hydrolysis) is 1. The van der Waals surface area contributed by atoms with E-state index in [4.69, 9.17) is 21.4 Å². The average molecular weight is 401 g/mol. The van der Waals surface area contributed by atoms with Gasteiger partial charge in [0.1, 0.15) is 11.1 Å². The summed E-state index contributed by atoms with van der Waals surface area (Å²) in [5, 5.41) is 25.3. The molecule has 0 aromatic carbocycles. The van der Waals surface area contributed by atoms with Crippen molar-refractivity contribution >= 4 is 23.4 Å². The molecule has 1 aliphatic heterocycles. The van der Waals surface area contributed by atoms with Gasteiger partial charge >= 0.3 is 6.09 Å². The van der Waals surface area contributed by atoms with Crippen LogP contribution in [0.4, 0.5) is 10.5 Å². The van der Waals surface area contributed by atoms with Crippen molar-refractivity contribution in [2.24, 2.45) is 0 Å². The predicted octanol–water partition coefficient (Wildman–Crippen LogP) is 0.497. The summed E-state index contributed by atoms with van der Waals surface area (Å²) >= 11 is 6.19. The van der Waals surface area contributed by atoms with Gasteiger partial charge in [0.05, 0.1) is 37.7 Å². The summed E-state index contributed by atoms with van der Waals surface area (Å²) in [6.45, 7) is 0.414. The summed E-state index contributed by atoms with van der Waals surface area (Å²) in [4.78, 5) is 26.2. The average Bonchev–Trinajstić information content (AvgIpc) is 3.31. The van der Waals surface area contributed by atoms with Crippen LogP contribution >= 0.6 is 11.6 Å². The maximum atomic E-state index is 12.3. The van der Waals surface area contributed by atoms with Crippen molar-refractivity contribution in [1.29, 1.82) is 0 Å². The molecular formula is C17H25ClN4O5. The summed E-state index contributed by atoms with van der Waals surface area (Å²) < 4.78 is 6.51. The zero-order valence-corrected chi connectivity index (χ0v) is 15.8. The zero-order valence-electron chi connectivity index (χ0n) is 15.0. The molecule has 0 radical (unpaired) electrons. The minimum atomic E-state index is -1.08. The Kier molecular flexibility index (Phi) is 6.56. The van der Waals surface area contributed by atoms with Crippen LogP contribution in [0.5, 0.6) is 0 Å². The topological polar surface area (TPSA) is 117 Å². The molecule has 1 aromatic rings. The van der Waals surface area contributed by atoms with E-state index in [-0.39, 0.29) is 23.7 Å². The predicted molar refractivity (Wildman–Crippen MR) is 99.1 cm³/mol. The number of halogens is 1. The van der Waals surface area contributed by atoms with Crippen LogP contribution in [0, 0.1) is 0 Å². The molecule has 1 aromatic heterocycles. The van der Waals surface area contributed by atoms with E-state index in [1.807, 2.05) is 4.90 Å². The molecule has 0 bridgehead atoms. The second kappa shape index (κ2) is 8.90. The number of carbonyl (C=O) groups is 1. The van der Waals surface area contributed by atoms with Crippen LogP contribution in [0.3, 0.4) is 0 Å².